The van der Waals surface area contributed by atoms with Gasteiger partial charge in [0.15, 0.2) is 0 Å². The maximum absolute atomic E-state index is 10.6. The second-order valence-electron chi connectivity index (χ2n) is 3.31. The lowest BCUT2D eigenvalue weighted by Gasteiger charge is -2.30. The molecule has 1 aliphatic heterocycles. The second-order valence-corrected chi connectivity index (χ2v) is 3.31. The van der Waals surface area contributed by atoms with Crippen molar-refractivity contribution in [2.24, 2.45) is 5.73 Å². The molecule has 1 saturated heterocycles. The van der Waals surface area contributed by atoms with E-state index in [4.69, 9.17) is 5.73 Å². The fourth-order valence-electron chi connectivity index (χ4n) is 1.60. The summed E-state index contributed by atoms with van der Waals surface area (Å²) in [5, 5.41) is 3.23. The highest BCUT2D eigenvalue weighted by atomic mass is 16.1. The van der Waals surface area contributed by atoms with E-state index in [1.807, 2.05) is 20.9 Å². The van der Waals surface area contributed by atoms with Crippen LogP contribution in [0.15, 0.2) is 0 Å². The van der Waals surface area contributed by atoms with Gasteiger partial charge in [-0.3, -0.25) is 9.69 Å². The molecule has 0 saturated carbocycles. The van der Waals surface area contributed by atoms with Crippen LogP contribution in [-0.2, 0) is 4.79 Å². The van der Waals surface area contributed by atoms with Crippen LogP contribution in [0.3, 0.4) is 0 Å². The van der Waals surface area contributed by atoms with Crippen LogP contribution in [0.5, 0.6) is 0 Å². The van der Waals surface area contributed by atoms with E-state index >= 15 is 0 Å². The average Bonchev–Trinajstić information content (AvgIpc) is 2.21. The number of primary amides is 1. The molecule has 4 heteroatoms. The van der Waals surface area contributed by atoms with Crippen LogP contribution in [0.4, 0.5) is 0 Å². The molecule has 3 N–H and O–H groups in total. The van der Waals surface area contributed by atoms with Gasteiger partial charge in [0, 0.05) is 19.1 Å². The SMILES string of the molecule is CC.CNC1CCN(CC(N)=O)CC1. The number of nitrogens with one attached hydrogen (secondary N) is 1. The van der Waals surface area contributed by atoms with Crippen molar-refractivity contribution in [2.75, 3.05) is 26.7 Å². The van der Waals surface area contributed by atoms with E-state index in [1.165, 1.54) is 0 Å². The van der Waals surface area contributed by atoms with E-state index in [9.17, 15) is 4.79 Å². The highest BCUT2D eigenvalue weighted by Crippen LogP contribution is 2.08. The minimum Gasteiger partial charge on any atom is -0.369 e. The number of rotatable bonds is 3. The molecule has 0 spiro atoms. The maximum Gasteiger partial charge on any atom is 0.231 e. The summed E-state index contributed by atoms with van der Waals surface area (Å²) in [6, 6.07) is 0.620. The predicted octanol–water partition coefficient (Wildman–Crippen LogP) is 0.182. The Morgan fingerprint density at radius 2 is 1.93 bits per heavy atom. The highest BCUT2D eigenvalue weighted by molar-refractivity contribution is 5.75. The molecule has 0 aromatic heterocycles. The van der Waals surface area contributed by atoms with Gasteiger partial charge in [0.25, 0.3) is 0 Å². The van der Waals surface area contributed by atoms with Crippen LogP contribution in [-0.4, -0.2) is 43.5 Å². The summed E-state index contributed by atoms with van der Waals surface area (Å²) in [5.74, 6) is -0.224. The van der Waals surface area contributed by atoms with E-state index in [1.54, 1.807) is 0 Å². The number of carbonyl (C=O) groups excluding carboxylic acids is 1. The second kappa shape index (κ2) is 7.76. The molecule has 4 nitrogen and oxygen atoms in total. The predicted molar refractivity (Wildman–Crippen MR) is 59.1 cm³/mol. The molecule has 1 aliphatic rings. The Hall–Kier alpha value is -0.610. The maximum atomic E-state index is 10.6. The molecule has 0 bridgehead atoms. The fraction of sp³-hybridized carbons (Fsp3) is 0.900. The van der Waals surface area contributed by atoms with Gasteiger partial charge in [0.2, 0.25) is 5.91 Å². The van der Waals surface area contributed by atoms with Gasteiger partial charge in [-0.1, -0.05) is 13.8 Å². The number of hydrogen-bond acceptors (Lipinski definition) is 3. The number of nitrogens with two attached hydrogens (primary N) is 1. The molecular weight excluding hydrogens is 178 g/mol. The molecule has 0 aliphatic carbocycles. The van der Waals surface area contributed by atoms with Crippen molar-refractivity contribution in [1.29, 1.82) is 0 Å². The normalized spacial score (nSPS) is 18.5. The van der Waals surface area contributed by atoms with Crippen molar-refractivity contribution in [3.8, 4) is 0 Å². The van der Waals surface area contributed by atoms with Gasteiger partial charge >= 0.3 is 0 Å². The summed E-state index contributed by atoms with van der Waals surface area (Å²) < 4.78 is 0. The van der Waals surface area contributed by atoms with Crippen LogP contribution in [0, 0.1) is 0 Å². The van der Waals surface area contributed by atoms with Gasteiger partial charge in [-0.25, -0.2) is 0 Å². The zero-order valence-corrected chi connectivity index (χ0v) is 9.55. The Labute approximate surface area is 86.8 Å². The Bertz CT molecular complexity index is 153. The van der Waals surface area contributed by atoms with Crippen molar-refractivity contribution in [1.82, 2.24) is 10.2 Å². The molecule has 1 rings (SSSR count). The Kier molecular flexibility index (Phi) is 7.42. The van der Waals surface area contributed by atoms with Gasteiger partial charge in [-0.05, 0) is 19.9 Å². The van der Waals surface area contributed by atoms with Gasteiger partial charge in [0.1, 0.15) is 0 Å². The molecule has 84 valence electrons. The minimum absolute atomic E-state index is 0.224. The van der Waals surface area contributed by atoms with Crippen LogP contribution in [0.2, 0.25) is 0 Å². The lowest BCUT2D eigenvalue weighted by atomic mass is 10.1. The highest BCUT2D eigenvalue weighted by Gasteiger charge is 2.18. The third-order valence-electron chi connectivity index (χ3n) is 2.38. The zero-order valence-electron chi connectivity index (χ0n) is 9.55. The van der Waals surface area contributed by atoms with E-state index in [-0.39, 0.29) is 5.91 Å². The van der Waals surface area contributed by atoms with Gasteiger partial charge < -0.3 is 11.1 Å². The minimum atomic E-state index is -0.224. The van der Waals surface area contributed by atoms with E-state index in [2.05, 4.69) is 10.2 Å². The third-order valence-corrected chi connectivity index (χ3v) is 2.38. The van der Waals surface area contributed by atoms with E-state index < -0.39 is 0 Å². The number of likely N-dealkylation sites (tertiary alicyclic amines) is 1. The molecule has 0 aromatic carbocycles. The number of piperidine rings is 1. The van der Waals surface area contributed by atoms with Crippen molar-refractivity contribution >= 4 is 5.91 Å². The first-order valence-electron chi connectivity index (χ1n) is 5.40. The zero-order chi connectivity index (χ0) is 11.0. The first-order chi connectivity index (χ1) is 6.72. The first-order valence-corrected chi connectivity index (χ1v) is 5.40. The molecule has 0 radical (unpaired) electrons. The lowest BCUT2D eigenvalue weighted by molar-refractivity contribution is -0.119. The molecule has 14 heavy (non-hydrogen) atoms. The lowest BCUT2D eigenvalue weighted by Crippen LogP contribution is -2.44. The summed E-state index contributed by atoms with van der Waals surface area (Å²) in [6.07, 6.45) is 2.23. The van der Waals surface area contributed by atoms with Crippen molar-refractivity contribution < 1.29 is 4.79 Å². The number of amides is 1. The summed E-state index contributed by atoms with van der Waals surface area (Å²) >= 11 is 0. The summed E-state index contributed by atoms with van der Waals surface area (Å²) in [4.78, 5) is 12.7. The Balaban J connectivity index is 0.000000791. The van der Waals surface area contributed by atoms with Crippen molar-refractivity contribution in [2.45, 2.75) is 32.7 Å². The Morgan fingerprint density at radius 3 is 2.29 bits per heavy atom. The van der Waals surface area contributed by atoms with Crippen LogP contribution in [0.25, 0.3) is 0 Å². The van der Waals surface area contributed by atoms with Crippen LogP contribution >= 0.6 is 0 Å². The molecule has 1 amide bonds. The molecule has 0 unspecified atom stereocenters. The van der Waals surface area contributed by atoms with E-state index in [0.29, 0.717) is 12.6 Å². The van der Waals surface area contributed by atoms with Crippen molar-refractivity contribution in [3.05, 3.63) is 0 Å². The van der Waals surface area contributed by atoms with Gasteiger partial charge in [-0.2, -0.15) is 0 Å². The summed E-state index contributed by atoms with van der Waals surface area (Å²) in [6.45, 7) is 6.37. The molecule has 0 aromatic rings. The molecule has 0 atom stereocenters. The molecule has 1 fully saturated rings. The summed E-state index contributed by atoms with van der Waals surface area (Å²) in [5.41, 5.74) is 5.09. The standard InChI is InChI=1S/C8H17N3O.C2H6/c1-10-7-2-4-11(5-3-7)6-8(9)12;1-2/h7,10H,2-6H2,1H3,(H2,9,12);1-2H3. The molecular formula is C10H23N3O. The average molecular weight is 201 g/mol. The smallest absolute Gasteiger partial charge is 0.231 e. The van der Waals surface area contributed by atoms with Crippen LogP contribution < -0.4 is 11.1 Å². The van der Waals surface area contributed by atoms with Gasteiger partial charge in [0.05, 0.1) is 6.54 Å². The fourth-order valence-corrected chi connectivity index (χ4v) is 1.60. The quantitative estimate of drug-likeness (QED) is 0.685. The Morgan fingerprint density at radius 1 is 1.43 bits per heavy atom. The van der Waals surface area contributed by atoms with Crippen molar-refractivity contribution in [3.63, 3.8) is 0 Å². The van der Waals surface area contributed by atoms with Gasteiger partial charge in [-0.15, -0.1) is 0 Å². The number of carbonyl (C=O) groups is 1. The van der Waals surface area contributed by atoms with E-state index in [0.717, 1.165) is 25.9 Å². The monoisotopic (exact) mass is 201 g/mol. The first kappa shape index (κ1) is 13.4. The third kappa shape index (κ3) is 5.19. The van der Waals surface area contributed by atoms with Crippen LogP contribution in [0.1, 0.15) is 26.7 Å². The largest absolute Gasteiger partial charge is 0.369 e. The number of hydrogen-bond donors (Lipinski definition) is 2. The number of nitrogens with zero attached hydrogens (tertiary/aromatic N) is 1. The molecule has 1 heterocycles. The topological polar surface area (TPSA) is 58.4 Å². The summed E-state index contributed by atoms with van der Waals surface area (Å²) in [7, 11) is 1.98.